The molecular formula is C21H26O3. The third kappa shape index (κ3) is 1.77. The standard InChI is InChI=1S/C21H26O3/c1-13(22)21(24)11-8-18-16-5-4-14-12-15(23)6-9-19(14,2)17(16)7-10-20(18,21)3/h6-7,9,12,16,18,24H,4-5,8,10-11H2,1-3H3/t16-,18+,19+,20+,21+/m1/s1. The molecule has 2 saturated carbocycles. The predicted octanol–water partition coefficient (Wildman–Crippen LogP) is 3.53. The van der Waals surface area contributed by atoms with Crippen molar-refractivity contribution in [2.24, 2.45) is 22.7 Å². The SMILES string of the molecule is CC(=O)[C@@]1(O)CC[C@H]2[C@@H]3CCC4=CC(=O)C=C[C@]4(C)C3=CC[C@@]21C. The van der Waals surface area contributed by atoms with Crippen LogP contribution in [0.3, 0.4) is 0 Å². The fourth-order valence-corrected chi connectivity index (χ4v) is 6.11. The summed E-state index contributed by atoms with van der Waals surface area (Å²) in [4.78, 5) is 23.9. The number of carbonyl (C=O) groups is 2. The van der Waals surface area contributed by atoms with E-state index in [1.165, 1.54) is 18.1 Å². The lowest BCUT2D eigenvalue weighted by atomic mass is 9.51. The number of hydrogen-bond acceptors (Lipinski definition) is 3. The van der Waals surface area contributed by atoms with Crippen LogP contribution in [0.4, 0.5) is 0 Å². The van der Waals surface area contributed by atoms with E-state index in [0.717, 1.165) is 25.7 Å². The molecule has 4 rings (SSSR count). The Morgan fingerprint density at radius 2 is 2.04 bits per heavy atom. The fourth-order valence-electron chi connectivity index (χ4n) is 6.11. The summed E-state index contributed by atoms with van der Waals surface area (Å²) in [5, 5.41) is 11.1. The van der Waals surface area contributed by atoms with Crippen molar-refractivity contribution in [3.05, 3.63) is 35.5 Å². The number of fused-ring (bicyclic) bond motifs is 5. The highest BCUT2D eigenvalue weighted by molar-refractivity contribution is 6.01. The summed E-state index contributed by atoms with van der Waals surface area (Å²) in [5.41, 5.74) is 0.920. The van der Waals surface area contributed by atoms with Crippen LogP contribution in [-0.4, -0.2) is 22.3 Å². The second kappa shape index (κ2) is 4.78. The van der Waals surface area contributed by atoms with E-state index < -0.39 is 5.60 Å². The van der Waals surface area contributed by atoms with Crippen molar-refractivity contribution < 1.29 is 14.7 Å². The maximum atomic E-state index is 12.2. The molecule has 3 nitrogen and oxygen atoms in total. The first-order valence-corrected chi connectivity index (χ1v) is 9.10. The van der Waals surface area contributed by atoms with E-state index in [1.807, 2.05) is 6.08 Å². The van der Waals surface area contributed by atoms with Gasteiger partial charge in [-0.05, 0) is 69.9 Å². The molecule has 0 unspecified atom stereocenters. The summed E-state index contributed by atoms with van der Waals surface area (Å²) in [7, 11) is 0. The Kier molecular flexibility index (Phi) is 3.19. The number of ketones is 2. The van der Waals surface area contributed by atoms with Gasteiger partial charge in [-0.2, -0.15) is 0 Å². The molecule has 3 heteroatoms. The van der Waals surface area contributed by atoms with Crippen molar-refractivity contribution in [1.82, 2.24) is 0 Å². The highest BCUT2D eigenvalue weighted by Crippen LogP contribution is 2.64. The van der Waals surface area contributed by atoms with Crippen molar-refractivity contribution in [3.8, 4) is 0 Å². The molecule has 0 aromatic rings. The second-order valence-electron chi connectivity index (χ2n) is 8.60. The predicted molar refractivity (Wildman–Crippen MR) is 92.2 cm³/mol. The minimum absolute atomic E-state index is 0.0879. The van der Waals surface area contributed by atoms with Crippen molar-refractivity contribution in [3.63, 3.8) is 0 Å². The minimum Gasteiger partial charge on any atom is -0.381 e. The lowest BCUT2D eigenvalue weighted by Gasteiger charge is -2.53. The molecule has 0 bridgehead atoms. The molecule has 24 heavy (non-hydrogen) atoms. The number of carbonyl (C=O) groups excluding carboxylic acids is 2. The summed E-state index contributed by atoms with van der Waals surface area (Å²) in [6.45, 7) is 5.85. The van der Waals surface area contributed by atoms with Gasteiger partial charge in [0.2, 0.25) is 0 Å². The molecule has 0 spiro atoms. The number of allylic oxidation sites excluding steroid dienone is 6. The van der Waals surface area contributed by atoms with E-state index in [4.69, 9.17) is 0 Å². The zero-order valence-corrected chi connectivity index (χ0v) is 14.8. The Balaban J connectivity index is 1.79. The van der Waals surface area contributed by atoms with E-state index in [0.29, 0.717) is 18.3 Å². The largest absolute Gasteiger partial charge is 0.381 e. The van der Waals surface area contributed by atoms with Crippen LogP contribution in [0, 0.1) is 22.7 Å². The lowest BCUT2D eigenvalue weighted by Crippen LogP contribution is -2.53. The molecule has 0 heterocycles. The third-order valence-corrected chi connectivity index (χ3v) is 7.68. The summed E-state index contributed by atoms with van der Waals surface area (Å²) in [6, 6.07) is 0. The third-order valence-electron chi connectivity index (χ3n) is 7.68. The molecule has 0 aromatic heterocycles. The van der Waals surface area contributed by atoms with Gasteiger partial charge in [0.1, 0.15) is 5.60 Å². The second-order valence-corrected chi connectivity index (χ2v) is 8.60. The molecule has 0 aromatic carbocycles. The first kappa shape index (κ1) is 16.0. The van der Waals surface area contributed by atoms with Gasteiger partial charge < -0.3 is 5.11 Å². The number of hydrogen-bond donors (Lipinski definition) is 1. The van der Waals surface area contributed by atoms with Gasteiger partial charge >= 0.3 is 0 Å². The Hall–Kier alpha value is -1.48. The Labute approximate surface area is 143 Å². The van der Waals surface area contributed by atoms with Crippen LogP contribution < -0.4 is 0 Å². The summed E-state index contributed by atoms with van der Waals surface area (Å²) in [6.07, 6.45) is 12.0. The van der Waals surface area contributed by atoms with Crippen LogP contribution in [0.1, 0.15) is 52.9 Å². The average molecular weight is 326 g/mol. The number of aliphatic hydroxyl groups is 1. The van der Waals surface area contributed by atoms with Crippen LogP contribution in [0.15, 0.2) is 35.5 Å². The molecule has 5 atom stereocenters. The van der Waals surface area contributed by atoms with Crippen LogP contribution >= 0.6 is 0 Å². The molecule has 0 amide bonds. The minimum atomic E-state index is -1.19. The zero-order chi connectivity index (χ0) is 17.3. The maximum Gasteiger partial charge on any atom is 0.178 e. The monoisotopic (exact) mass is 326 g/mol. The topological polar surface area (TPSA) is 54.4 Å². The normalized spacial score (nSPS) is 46.6. The van der Waals surface area contributed by atoms with Crippen molar-refractivity contribution in [2.75, 3.05) is 0 Å². The molecule has 4 aliphatic rings. The van der Waals surface area contributed by atoms with E-state index in [2.05, 4.69) is 26.0 Å². The summed E-state index contributed by atoms with van der Waals surface area (Å²) < 4.78 is 0. The van der Waals surface area contributed by atoms with E-state index in [-0.39, 0.29) is 22.4 Å². The maximum absolute atomic E-state index is 12.2. The van der Waals surface area contributed by atoms with Gasteiger partial charge in [-0.15, -0.1) is 0 Å². The van der Waals surface area contributed by atoms with E-state index in [1.54, 1.807) is 6.08 Å². The van der Waals surface area contributed by atoms with E-state index >= 15 is 0 Å². The highest BCUT2D eigenvalue weighted by atomic mass is 16.3. The molecule has 0 aliphatic heterocycles. The number of Topliss-reactive ketones (excluding diaryl/α,β-unsaturated/α-hetero) is 1. The lowest BCUT2D eigenvalue weighted by molar-refractivity contribution is -0.150. The van der Waals surface area contributed by atoms with Gasteiger partial charge in [0, 0.05) is 10.8 Å². The molecule has 1 N–H and O–H groups in total. The summed E-state index contributed by atoms with van der Waals surface area (Å²) in [5.74, 6) is 0.747. The Morgan fingerprint density at radius 1 is 1.29 bits per heavy atom. The Morgan fingerprint density at radius 3 is 2.75 bits per heavy atom. The molecule has 0 saturated heterocycles. The average Bonchev–Trinajstić information content (AvgIpc) is 2.81. The fraction of sp³-hybridized carbons (Fsp3) is 0.619. The van der Waals surface area contributed by atoms with Crippen LogP contribution in [0.2, 0.25) is 0 Å². The van der Waals surface area contributed by atoms with Crippen molar-refractivity contribution in [1.29, 1.82) is 0 Å². The molecule has 128 valence electrons. The quantitative estimate of drug-likeness (QED) is 0.750. The summed E-state index contributed by atoms with van der Waals surface area (Å²) >= 11 is 0. The zero-order valence-electron chi connectivity index (χ0n) is 14.8. The first-order chi connectivity index (χ1) is 11.2. The number of rotatable bonds is 1. The first-order valence-electron chi connectivity index (χ1n) is 9.10. The van der Waals surface area contributed by atoms with Gasteiger partial charge in [0.05, 0.1) is 0 Å². The van der Waals surface area contributed by atoms with Gasteiger partial charge in [0.25, 0.3) is 0 Å². The molecular weight excluding hydrogens is 300 g/mol. The molecule has 0 radical (unpaired) electrons. The van der Waals surface area contributed by atoms with Gasteiger partial charge in [-0.25, -0.2) is 0 Å². The molecule has 2 fully saturated rings. The van der Waals surface area contributed by atoms with Gasteiger partial charge in [-0.3, -0.25) is 9.59 Å². The smallest absolute Gasteiger partial charge is 0.178 e. The van der Waals surface area contributed by atoms with Gasteiger partial charge in [0.15, 0.2) is 11.6 Å². The van der Waals surface area contributed by atoms with Crippen LogP contribution in [0.25, 0.3) is 0 Å². The van der Waals surface area contributed by atoms with Crippen LogP contribution in [-0.2, 0) is 9.59 Å². The molecule has 4 aliphatic carbocycles. The van der Waals surface area contributed by atoms with Crippen LogP contribution in [0.5, 0.6) is 0 Å². The highest BCUT2D eigenvalue weighted by Gasteiger charge is 2.63. The van der Waals surface area contributed by atoms with Gasteiger partial charge in [-0.1, -0.05) is 30.2 Å². The van der Waals surface area contributed by atoms with E-state index in [9.17, 15) is 14.7 Å². The van der Waals surface area contributed by atoms with Crippen molar-refractivity contribution >= 4 is 11.6 Å². The van der Waals surface area contributed by atoms with Crippen molar-refractivity contribution in [2.45, 2.75) is 58.5 Å². The Bertz CT molecular complexity index is 727.